The molecule has 14 heavy (non-hydrogen) atoms. The van der Waals surface area contributed by atoms with Gasteiger partial charge in [-0.25, -0.2) is 8.42 Å². The van der Waals surface area contributed by atoms with E-state index in [-0.39, 0.29) is 0 Å². The van der Waals surface area contributed by atoms with Crippen LogP contribution in [0, 0.1) is 0 Å². The molecule has 0 saturated heterocycles. The molecule has 0 saturated carbocycles. The third kappa shape index (κ3) is 3.25. The smallest absolute Gasteiger partial charge is 0.237 e. The fraction of sp³-hybridized carbons (Fsp3) is 1.00. The second kappa shape index (κ2) is 5.71. The van der Waals surface area contributed by atoms with Crippen LogP contribution in [0.1, 0.15) is 0 Å². The molecular weight excluding hydrogens is 237 g/mol. The maximum absolute atomic E-state index is 12.1. The molecule has 0 aromatic heterocycles. The summed E-state index contributed by atoms with van der Waals surface area (Å²) in [5.41, 5.74) is 0. The van der Waals surface area contributed by atoms with Crippen LogP contribution in [-0.4, -0.2) is 40.2 Å². The van der Waals surface area contributed by atoms with Gasteiger partial charge in [-0.1, -0.05) is 0 Å². The largest absolute Gasteiger partial charge is 0.291 e. The van der Waals surface area contributed by atoms with Crippen molar-refractivity contribution in [2.24, 2.45) is 0 Å². The molecule has 0 radical (unpaired) electrons. The van der Waals surface area contributed by atoms with E-state index < -0.39 is 54.9 Å². The fourth-order valence-corrected chi connectivity index (χ4v) is 6.85. The van der Waals surface area contributed by atoms with Gasteiger partial charge in [0.15, 0.2) is 0 Å². The average Bonchev–Trinajstić information content (AvgIpc) is 2.03. The van der Waals surface area contributed by atoms with E-state index in [2.05, 4.69) is 0 Å². The van der Waals surface area contributed by atoms with Crippen molar-refractivity contribution in [2.75, 3.05) is 20.0 Å². The first kappa shape index (κ1) is 13.9. The fourth-order valence-electron chi connectivity index (χ4n) is 1.28. The Balaban J connectivity index is 4.93. The van der Waals surface area contributed by atoms with Gasteiger partial charge < -0.3 is 0 Å². The lowest BCUT2D eigenvalue weighted by Crippen LogP contribution is -2.45. The lowest BCUT2D eigenvalue weighted by atomic mass is 10.9. The van der Waals surface area contributed by atoms with Crippen molar-refractivity contribution >= 4 is 16.8 Å². The quantitative estimate of drug-likeness (QED) is 0.553. The first-order valence-electron chi connectivity index (χ1n) is 4.08. The van der Waals surface area contributed by atoms with Crippen LogP contribution in [0.5, 0.6) is 0 Å². The normalized spacial score (nSPS) is 13.1. The first-order chi connectivity index (χ1) is 6.43. The van der Waals surface area contributed by atoms with Gasteiger partial charge in [-0.2, -0.15) is 0 Å². The maximum Gasteiger partial charge on any atom is 0.237 e. The van der Waals surface area contributed by atoms with Crippen LogP contribution >= 0.6 is 0 Å². The molecule has 0 aliphatic rings. The van der Waals surface area contributed by atoms with Crippen LogP contribution in [-0.2, 0) is 9.57 Å². The summed E-state index contributed by atoms with van der Waals surface area (Å²) in [5.74, 6) is 0. The SMILES string of the molecule is O=S(=O)(O)[Si](CCF)(CCF)CCF. The molecule has 0 bridgehead atoms. The predicted molar refractivity (Wildman–Crippen MR) is 49.6 cm³/mol. The van der Waals surface area contributed by atoms with Crippen molar-refractivity contribution in [3.8, 4) is 0 Å². The maximum atomic E-state index is 12.1. The van der Waals surface area contributed by atoms with E-state index in [0.717, 1.165) is 0 Å². The summed E-state index contributed by atoms with van der Waals surface area (Å²) in [6.45, 7) is -2.94. The van der Waals surface area contributed by atoms with Crippen molar-refractivity contribution in [3.63, 3.8) is 0 Å². The molecule has 0 fully saturated rings. The molecule has 0 aromatic rings. The highest BCUT2D eigenvalue weighted by Crippen LogP contribution is 2.27. The summed E-state index contributed by atoms with van der Waals surface area (Å²) in [7, 11) is -8.09. The van der Waals surface area contributed by atoms with E-state index >= 15 is 0 Å². The van der Waals surface area contributed by atoms with Crippen LogP contribution in [0.15, 0.2) is 0 Å². The average molecular weight is 250 g/mol. The molecule has 0 rings (SSSR count). The Morgan fingerprint density at radius 1 is 0.929 bits per heavy atom. The molecule has 0 heterocycles. The number of halogens is 3. The van der Waals surface area contributed by atoms with E-state index in [4.69, 9.17) is 4.55 Å². The standard InChI is InChI=1S/C6H13F3O3SSi/c7-1-4-14(5-2-8,6-3-9)13(10,11)12/h1-6H2,(H,10,11,12). The van der Waals surface area contributed by atoms with Gasteiger partial charge in [0.05, 0.1) is 20.0 Å². The van der Waals surface area contributed by atoms with Crippen LogP contribution in [0.4, 0.5) is 13.2 Å². The number of alkyl halides is 3. The van der Waals surface area contributed by atoms with Crippen LogP contribution in [0.3, 0.4) is 0 Å². The van der Waals surface area contributed by atoms with Gasteiger partial charge in [0, 0.05) is 0 Å². The Hall–Kier alpha value is -0.0831. The highest BCUT2D eigenvalue weighted by molar-refractivity contribution is 8.18. The molecule has 0 aliphatic heterocycles. The van der Waals surface area contributed by atoms with Gasteiger partial charge in [0.1, 0.15) is 0 Å². The third-order valence-corrected chi connectivity index (χ3v) is 11.7. The lowest BCUT2D eigenvalue weighted by molar-refractivity contribution is 0.476. The minimum atomic E-state index is -4.49. The summed E-state index contributed by atoms with van der Waals surface area (Å²) in [4.78, 5) is 0. The summed E-state index contributed by atoms with van der Waals surface area (Å²) in [6.07, 6.45) is 0. The summed E-state index contributed by atoms with van der Waals surface area (Å²) < 4.78 is 67.0. The molecule has 0 spiro atoms. The summed E-state index contributed by atoms with van der Waals surface area (Å²) in [5, 5.41) is 0. The Morgan fingerprint density at radius 3 is 1.36 bits per heavy atom. The highest BCUT2D eigenvalue weighted by Gasteiger charge is 2.45. The van der Waals surface area contributed by atoms with E-state index in [1.165, 1.54) is 0 Å². The second-order valence-electron chi connectivity index (χ2n) is 2.98. The van der Waals surface area contributed by atoms with E-state index in [1.807, 2.05) is 0 Å². The van der Waals surface area contributed by atoms with Gasteiger partial charge in [-0.05, 0) is 18.1 Å². The number of hydrogen-bond donors (Lipinski definition) is 1. The van der Waals surface area contributed by atoms with Crippen molar-refractivity contribution in [1.29, 1.82) is 0 Å². The molecule has 86 valence electrons. The van der Waals surface area contributed by atoms with Crippen molar-refractivity contribution in [3.05, 3.63) is 0 Å². The molecule has 8 heteroatoms. The van der Waals surface area contributed by atoms with Crippen LogP contribution in [0.25, 0.3) is 0 Å². The number of rotatable bonds is 7. The van der Waals surface area contributed by atoms with Crippen molar-refractivity contribution < 1.29 is 26.1 Å². The Kier molecular flexibility index (Phi) is 5.68. The lowest BCUT2D eigenvalue weighted by Gasteiger charge is -2.24. The zero-order valence-electron chi connectivity index (χ0n) is 7.55. The molecule has 1 N–H and O–H groups in total. The zero-order chi connectivity index (χ0) is 11.2. The van der Waals surface area contributed by atoms with Crippen molar-refractivity contribution in [2.45, 2.75) is 18.1 Å². The first-order valence-corrected chi connectivity index (χ1v) is 8.87. The Morgan fingerprint density at radius 2 is 1.21 bits per heavy atom. The predicted octanol–water partition coefficient (Wildman–Crippen LogP) is 1.73. The van der Waals surface area contributed by atoms with Crippen LogP contribution < -0.4 is 0 Å². The molecule has 3 nitrogen and oxygen atoms in total. The monoisotopic (exact) mass is 250 g/mol. The van der Waals surface area contributed by atoms with E-state index in [9.17, 15) is 21.6 Å². The van der Waals surface area contributed by atoms with E-state index in [1.54, 1.807) is 0 Å². The summed E-state index contributed by atoms with van der Waals surface area (Å²) >= 11 is 0. The molecule has 0 aromatic carbocycles. The second-order valence-corrected chi connectivity index (χ2v) is 11.9. The number of hydrogen-bond acceptors (Lipinski definition) is 2. The topological polar surface area (TPSA) is 54.4 Å². The van der Waals surface area contributed by atoms with Crippen LogP contribution in [0.2, 0.25) is 18.1 Å². The zero-order valence-corrected chi connectivity index (χ0v) is 9.36. The molecule has 0 amide bonds. The summed E-state index contributed by atoms with van der Waals surface area (Å²) in [6, 6.07) is -1.33. The third-order valence-electron chi connectivity index (χ3n) is 2.20. The molecule has 0 aliphatic carbocycles. The molecular formula is C6H13F3O3SSi. The van der Waals surface area contributed by atoms with Gasteiger partial charge in [0.25, 0.3) is 0 Å². The van der Waals surface area contributed by atoms with E-state index in [0.29, 0.717) is 0 Å². The Bertz CT molecular complexity index is 240. The van der Waals surface area contributed by atoms with Gasteiger partial charge in [-0.15, -0.1) is 0 Å². The minimum Gasteiger partial charge on any atom is -0.291 e. The minimum absolute atomic E-state index is 0.445. The Labute approximate surface area is 81.7 Å². The highest BCUT2D eigenvalue weighted by atomic mass is 32.4. The van der Waals surface area contributed by atoms with Crippen molar-refractivity contribution in [1.82, 2.24) is 0 Å². The van der Waals surface area contributed by atoms with Gasteiger partial charge in [-0.3, -0.25) is 17.7 Å². The molecule has 0 unspecified atom stereocenters. The van der Waals surface area contributed by atoms with Gasteiger partial charge in [0.2, 0.25) is 16.8 Å². The molecule has 0 atom stereocenters. The van der Waals surface area contributed by atoms with Gasteiger partial charge >= 0.3 is 0 Å².